The maximum Gasteiger partial charge on any atom is 0.155 e. The molecule has 1 aromatic rings. The Bertz CT molecular complexity index is 546. The Labute approximate surface area is 134 Å². The van der Waals surface area contributed by atoms with Crippen molar-refractivity contribution in [3.63, 3.8) is 0 Å². The number of carbonyl (C=O) groups excluding carboxylic acids is 1. The van der Waals surface area contributed by atoms with E-state index in [1.165, 1.54) is 0 Å². The molecule has 0 N–H and O–H groups in total. The van der Waals surface area contributed by atoms with Crippen LogP contribution in [0.5, 0.6) is 5.75 Å². The molecule has 0 atom stereocenters. The normalized spacial score (nSPS) is 15.7. The largest absolute Gasteiger partial charge is 0.494 e. The number of benzene rings is 1. The minimum Gasteiger partial charge on any atom is -0.494 e. The van der Waals surface area contributed by atoms with Gasteiger partial charge in [-0.15, -0.1) is 0 Å². The maximum absolute atomic E-state index is 12.2. The first-order valence-electron chi connectivity index (χ1n) is 7.97. The van der Waals surface area contributed by atoms with Crippen molar-refractivity contribution in [2.24, 2.45) is 0 Å². The average Bonchev–Trinajstić information content (AvgIpc) is 2.52. The molecule has 0 saturated carbocycles. The molecule has 1 aromatic carbocycles. The van der Waals surface area contributed by atoms with Crippen LogP contribution < -0.4 is 9.64 Å². The summed E-state index contributed by atoms with van der Waals surface area (Å²) < 4.78 is 11.2. The molecule has 0 unspecified atom stereocenters. The van der Waals surface area contributed by atoms with E-state index in [0.29, 0.717) is 19.5 Å². The van der Waals surface area contributed by atoms with E-state index in [1.807, 2.05) is 20.0 Å². The molecule has 1 aliphatic heterocycles. The maximum atomic E-state index is 12.2. The molecule has 0 aliphatic carbocycles. The van der Waals surface area contributed by atoms with Gasteiger partial charge in [-0.3, -0.25) is 4.79 Å². The molecule has 0 radical (unpaired) electrons. The van der Waals surface area contributed by atoms with Gasteiger partial charge in [0.2, 0.25) is 0 Å². The number of ether oxygens (including phenoxy) is 2. The second kappa shape index (κ2) is 6.74. The topological polar surface area (TPSA) is 38.8 Å². The van der Waals surface area contributed by atoms with Gasteiger partial charge in [-0.2, -0.15) is 0 Å². The second-order valence-corrected chi connectivity index (χ2v) is 6.70. The first-order chi connectivity index (χ1) is 10.4. The van der Waals surface area contributed by atoms with Crippen LogP contribution in [0.3, 0.4) is 0 Å². The number of morpholine rings is 1. The van der Waals surface area contributed by atoms with Gasteiger partial charge in [-0.05, 0) is 23.9 Å². The van der Waals surface area contributed by atoms with E-state index in [0.717, 1.165) is 35.7 Å². The van der Waals surface area contributed by atoms with Crippen molar-refractivity contribution >= 4 is 19.3 Å². The van der Waals surface area contributed by atoms with Crippen molar-refractivity contribution in [1.29, 1.82) is 0 Å². The summed E-state index contributed by atoms with van der Waals surface area (Å²) >= 11 is 0. The number of hydrogen-bond acceptors (Lipinski definition) is 4. The van der Waals surface area contributed by atoms with Crippen LogP contribution in [0.1, 0.15) is 36.7 Å². The van der Waals surface area contributed by atoms with Crippen molar-refractivity contribution < 1.29 is 14.3 Å². The van der Waals surface area contributed by atoms with Crippen LogP contribution in [0, 0.1) is 0 Å². The van der Waals surface area contributed by atoms with Crippen LogP contribution in [0.25, 0.3) is 0 Å². The molecular formula is C17H26BNO3. The lowest BCUT2D eigenvalue weighted by Crippen LogP contribution is -2.37. The Hall–Kier alpha value is -1.49. The highest BCUT2D eigenvalue weighted by Crippen LogP contribution is 2.40. The van der Waals surface area contributed by atoms with Crippen LogP contribution in [-0.2, 0) is 10.2 Å². The van der Waals surface area contributed by atoms with Gasteiger partial charge in [-0.25, -0.2) is 0 Å². The molecule has 5 heteroatoms. The van der Waals surface area contributed by atoms with Gasteiger partial charge in [0.05, 0.1) is 26.0 Å². The molecule has 0 amide bonds. The zero-order valence-electron chi connectivity index (χ0n) is 14.4. The summed E-state index contributed by atoms with van der Waals surface area (Å²) in [6.07, 6.45) is 0.512. The quantitative estimate of drug-likeness (QED) is 0.630. The third-order valence-electron chi connectivity index (χ3n) is 4.08. The van der Waals surface area contributed by atoms with Gasteiger partial charge in [0.25, 0.3) is 0 Å². The highest BCUT2D eigenvalue weighted by molar-refractivity contribution is 6.24. The fraction of sp³-hybridized carbons (Fsp3) is 0.588. The molecule has 0 spiro atoms. The minimum absolute atomic E-state index is 0.0869. The van der Waals surface area contributed by atoms with E-state index in [9.17, 15) is 4.79 Å². The predicted octanol–water partition coefficient (Wildman–Crippen LogP) is 2.06. The lowest BCUT2D eigenvalue weighted by molar-refractivity contribution is 0.101. The summed E-state index contributed by atoms with van der Waals surface area (Å²) in [5.74, 6) is 1.05. The predicted molar refractivity (Wildman–Crippen MR) is 92.4 cm³/mol. The van der Waals surface area contributed by atoms with Crippen LogP contribution in [0.4, 0.5) is 5.69 Å². The molecule has 120 valence electrons. The molecular weight excluding hydrogens is 277 g/mol. The first-order valence-corrected chi connectivity index (χ1v) is 7.97. The van der Waals surface area contributed by atoms with Crippen molar-refractivity contribution in [1.82, 2.24) is 0 Å². The van der Waals surface area contributed by atoms with E-state index in [4.69, 9.17) is 9.47 Å². The average molecular weight is 303 g/mol. The van der Waals surface area contributed by atoms with E-state index in [1.54, 1.807) is 7.11 Å². The fourth-order valence-corrected chi connectivity index (χ4v) is 2.79. The lowest BCUT2D eigenvalue weighted by atomic mass is 9.83. The zero-order chi connectivity index (χ0) is 16.3. The van der Waals surface area contributed by atoms with Gasteiger partial charge >= 0.3 is 0 Å². The standard InChI is InChI=1S/C17H26BNO3/c1-17(2,3)13-9-12(15(20)11-18)10-14(16(13)21-4)19-5-7-22-8-6-19/h9-10H,5-8,11,18H2,1-4H3. The highest BCUT2D eigenvalue weighted by Gasteiger charge is 2.26. The van der Waals surface area contributed by atoms with Gasteiger partial charge in [-0.1, -0.05) is 20.8 Å². The number of Topliss-reactive ketones (excluding diaryl/α,β-unsaturated/α-hetero) is 1. The second-order valence-electron chi connectivity index (χ2n) is 6.70. The molecule has 4 nitrogen and oxygen atoms in total. The smallest absolute Gasteiger partial charge is 0.155 e. The Morgan fingerprint density at radius 2 is 1.95 bits per heavy atom. The summed E-state index contributed by atoms with van der Waals surface area (Å²) in [7, 11) is 3.60. The van der Waals surface area contributed by atoms with E-state index in [2.05, 4.69) is 25.7 Å². The summed E-state index contributed by atoms with van der Waals surface area (Å²) in [5, 5.41) is 0. The molecule has 2 rings (SSSR count). The Balaban J connectivity index is 2.60. The molecule has 1 aliphatic rings. The van der Waals surface area contributed by atoms with Crippen LogP contribution >= 0.6 is 0 Å². The summed E-state index contributed by atoms with van der Waals surface area (Å²) in [6, 6.07) is 3.97. The van der Waals surface area contributed by atoms with E-state index >= 15 is 0 Å². The van der Waals surface area contributed by atoms with E-state index in [-0.39, 0.29) is 11.2 Å². The lowest BCUT2D eigenvalue weighted by Gasteiger charge is -2.33. The van der Waals surface area contributed by atoms with Crippen LogP contribution in [0.2, 0.25) is 6.32 Å². The Morgan fingerprint density at radius 3 is 2.45 bits per heavy atom. The molecule has 1 fully saturated rings. The SMILES string of the molecule is BCC(=O)c1cc(N2CCOCC2)c(OC)c(C(C)(C)C)c1. The number of anilines is 1. The van der Waals surface area contributed by atoms with Crippen molar-refractivity contribution in [3.05, 3.63) is 23.3 Å². The van der Waals surface area contributed by atoms with Crippen LogP contribution in [-0.4, -0.2) is 47.0 Å². The number of carbonyl (C=O) groups is 1. The fourth-order valence-electron chi connectivity index (χ4n) is 2.79. The van der Waals surface area contributed by atoms with Crippen molar-refractivity contribution in [2.75, 3.05) is 38.3 Å². The third kappa shape index (κ3) is 3.46. The molecule has 1 saturated heterocycles. The van der Waals surface area contributed by atoms with Crippen LogP contribution in [0.15, 0.2) is 12.1 Å². The molecule has 22 heavy (non-hydrogen) atoms. The number of hydrogen-bond donors (Lipinski definition) is 0. The van der Waals surface area contributed by atoms with Crippen molar-refractivity contribution in [2.45, 2.75) is 32.5 Å². The molecule has 0 bridgehead atoms. The Morgan fingerprint density at radius 1 is 1.32 bits per heavy atom. The molecule has 1 heterocycles. The van der Waals surface area contributed by atoms with Gasteiger partial charge in [0.15, 0.2) is 5.78 Å². The number of methoxy groups -OCH3 is 1. The van der Waals surface area contributed by atoms with Gasteiger partial charge in [0, 0.05) is 24.2 Å². The highest BCUT2D eigenvalue weighted by atomic mass is 16.5. The molecule has 0 aromatic heterocycles. The van der Waals surface area contributed by atoms with Gasteiger partial charge in [0.1, 0.15) is 13.6 Å². The summed E-state index contributed by atoms with van der Waals surface area (Å²) in [4.78, 5) is 14.5. The Kier molecular flexibility index (Phi) is 5.17. The summed E-state index contributed by atoms with van der Waals surface area (Å²) in [6.45, 7) is 9.50. The number of rotatable bonds is 4. The van der Waals surface area contributed by atoms with Crippen molar-refractivity contribution in [3.8, 4) is 5.75 Å². The third-order valence-corrected chi connectivity index (χ3v) is 4.08. The zero-order valence-corrected chi connectivity index (χ0v) is 14.4. The van der Waals surface area contributed by atoms with Gasteiger partial charge < -0.3 is 14.4 Å². The van der Waals surface area contributed by atoms with E-state index < -0.39 is 0 Å². The summed E-state index contributed by atoms with van der Waals surface area (Å²) in [5.41, 5.74) is 2.77. The minimum atomic E-state index is -0.0869. The monoisotopic (exact) mass is 303 g/mol. The number of nitrogens with zero attached hydrogens (tertiary/aromatic N) is 1. The number of ketones is 1. The first kappa shape index (κ1) is 16.9.